The minimum Gasteiger partial charge on any atom is -0.309 e. The van der Waals surface area contributed by atoms with E-state index in [1.165, 1.54) is 60.5 Å². The lowest BCUT2D eigenvalue weighted by molar-refractivity contribution is 1.19. The molecule has 1 nitrogen and oxygen atoms in total. The van der Waals surface area contributed by atoms with Crippen molar-refractivity contribution in [2.24, 2.45) is 0 Å². The normalized spacial score (nSPS) is 11.5. The highest BCUT2D eigenvalue weighted by Crippen LogP contribution is 2.36. The summed E-state index contributed by atoms with van der Waals surface area (Å²) >= 11 is 3.63. The number of para-hydroxylation sites is 1. The fourth-order valence-electron chi connectivity index (χ4n) is 5.28. The molecular formula is C34H22BrN. The predicted octanol–water partition coefficient (Wildman–Crippen LogP) is 10.0. The van der Waals surface area contributed by atoms with Gasteiger partial charge >= 0.3 is 0 Å². The van der Waals surface area contributed by atoms with Crippen LogP contribution >= 0.6 is 15.9 Å². The second kappa shape index (κ2) is 8.51. The van der Waals surface area contributed by atoms with Crippen molar-refractivity contribution in [2.75, 3.05) is 0 Å². The van der Waals surface area contributed by atoms with Gasteiger partial charge < -0.3 is 4.57 Å². The van der Waals surface area contributed by atoms with E-state index in [-0.39, 0.29) is 0 Å². The third-order valence-electron chi connectivity index (χ3n) is 7.02. The molecule has 0 aliphatic rings. The minimum atomic E-state index is 1.09. The SMILES string of the molecule is Brc1cccc(-c2ccc3c4ccccc4n(-c4ccc5cc(-c6ccccc6)ccc5c4)c3c2)c1. The second-order valence-electron chi connectivity index (χ2n) is 9.21. The molecule has 0 N–H and O–H groups in total. The van der Waals surface area contributed by atoms with Crippen LogP contribution in [0.5, 0.6) is 0 Å². The number of hydrogen-bond acceptors (Lipinski definition) is 0. The number of fused-ring (bicyclic) bond motifs is 4. The Morgan fingerprint density at radius 1 is 0.417 bits per heavy atom. The van der Waals surface area contributed by atoms with Crippen molar-refractivity contribution in [3.05, 3.63) is 138 Å². The van der Waals surface area contributed by atoms with Crippen LogP contribution in [0.4, 0.5) is 0 Å². The molecule has 0 bridgehead atoms. The Morgan fingerprint density at radius 2 is 1.08 bits per heavy atom. The lowest BCUT2D eigenvalue weighted by Crippen LogP contribution is -1.94. The maximum atomic E-state index is 3.63. The average molecular weight is 524 g/mol. The molecule has 6 aromatic carbocycles. The van der Waals surface area contributed by atoms with Gasteiger partial charge in [-0.3, -0.25) is 0 Å². The summed E-state index contributed by atoms with van der Waals surface area (Å²) in [5.41, 5.74) is 8.51. The van der Waals surface area contributed by atoms with Gasteiger partial charge in [-0.1, -0.05) is 107 Å². The van der Waals surface area contributed by atoms with Crippen LogP contribution in [0.1, 0.15) is 0 Å². The van der Waals surface area contributed by atoms with E-state index in [0.29, 0.717) is 0 Å². The van der Waals surface area contributed by atoms with E-state index in [1.807, 2.05) is 0 Å². The maximum absolute atomic E-state index is 3.63. The highest BCUT2D eigenvalue weighted by atomic mass is 79.9. The quantitative estimate of drug-likeness (QED) is 0.217. The number of aromatic nitrogens is 1. The van der Waals surface area contributed by atoms with Gasteiger partial charge in [0.05, 0.1) is 11.0 Å². The summed E-state index contributed by atoms with van der Waals surface area (Å²) in [6.07, 6.45) is 0. The summed E-state index contributed by atoms with van der Waals surface area (Å²) in [6, 6.07) is 48.1. The molecule has 0 atom stereocenters. The maximum Gasteiger partial charge on any atom is 0.0547 e. The van der Waals surface area contributed by atoms with Crippen LogP contribution in [-0.4, -0.2) is 4.57 Å². The standard InChI is InChI=1S/C34H22BrN/c35-29-10-6-9-24(20-29)28-16-18-32-31-11-4-5-12-33(31)36(34(32)22-28)30-17-15-26-19-25(13-14-27(26)21-30)23-7-2-1-3-8-23/h1-22H. The van der Waals surface area contributed by atoms with Crippen LogP contribution < -0.4 is 0 Å². The molecule has 36 heavy (non-hydrogen) atoms. The van der Waals surface area contributed by atoms with Gasteiger partial charge in [-0.15, -0.1) is 0 Å². The van der Waals surface area contributed by atoms with Crippen molar-refractivity contribution in [1.29, 1.82) is 0 Å². The van der Waals surface area contributed by atoms with Crippen molar-refractivity contribution in [2.45, 2.75) is 0 Å². The molecule has 0 spiro atoms. The van der Waals surface area contributed by atoms with Gasteiger partial charge in [-0.05, 0) is 75.5 Å². The fourth-order valence-corrected chi connectivity index (χ4v) is 5.68. The Morgan fingerprint density at radius 3 is 1.97 bits per heavy atom. The van der Waals surface area contributed by atoms with Gasteiger partial charge in [-0.25, -0.2) is 0 Å². The molecule has 0 saturated heterocycles. The summed E-state index contributed by atoms with van der Waals surface area (Å²) in [6.45, 7) is 0. The molecule has 7 rings (SSSR count). The van der Waals surface area contributed by atoms with E-state index in [0.717, 1.165) is 4.47 Å². The molecule has 0 unspecified atom stereocenters. The van der Waals surface area contributed by atoms with Crippen LogP contribution in [0.15, 0.2) is 138 Å². The van der Waals surface area contributed by atoms with Crippen LogP contribution in [0, 0.1) is 0 Å². The zero-order valence-electron chi connectivity index (χ0n) is 19.5. The lowest BCUT2D eigenvalue weighted by atomic mass is 10.0. The number of halogens is 1. The van der Waals surface area contributed by atoms with Gasteiger partial charge in [0.25, 0.3) is 0 Å². The second-order valence-corrected chi connectivity index (χ2v) is 10.1. The largest absolute Gasteiger partial charge is 0.309 e. The Bertz CT molecular complexity index is 1900. The van der Waals surface area contributed by atoms with E-state index < -0.39 is 0 Å². The number of hydrogen-bond donors (Lipinski definition) is 0. The Hall–Kier alpha value is -4.14. The van der Waals surface area contributed by atoms with E-state index in [9.17, 15) is 0 Å². The lowest BCUT2D eigenvalue weighted by Gasteiger charge is -2.11. The van der Waals surface area contributed by atoms with Crippen LogP contribution in [0.25, 0.3) is 60.5 Å². The van der Waals surface area contributed by atoms with Crippen molar-refractivity contribution < 1.29 is 0 Å². The van der Waals surface area contributed by atoms with Crippen LogP contribution in [0.3, 0.4) is 0 Å². The molecule has 7 aromatic rings. The van der Waals surface area contributed by atoms with Gasteiger partial charge in [0.15, 0.2) is 0 Å². The van der Waals surface area contributed by atoms with E-state index >= 15 is 0 Å². The smallest absolute Gasteiger partial charge is 0.0547 e. The van der Waals surface area contributed by atoms with E-state index in [1.54, 1.807) is 0 Å². The number of rotatable bonds is 3. The van der Waals surface area contributed by atoms with Gasteiger partial charge in [0.1, 0.15) is 0 Å². The molecule has 1 aromatic heterocycles. The highest BCUT2D eigenvalue weighted by Gasteiger charge is 2.14. The van der Waals surface area contributed by atoms with Crippen LogP contribution in [-0.2, 0) is 0 Å². The topological polar surface area (TPSA) is 4.93 Å². The first-order valence-electron chi connectivity index (χ1n) is 12.1. The van der Waals surface area contributed by atoms with Crippen molar-refractivity contribution >= 4 is 48.5 Å². The zero-order valence-corrected chi connectivity index (χ0v) is 21.1. The van der Waals surface area contributed by atoms with Crippen LogP contribution in [0.2, 0.25) is 0 Å². The zero-order chi connectivity index (χ0) is 24.1. The molecule has 170 valence electrons. The van der Waals surface area contributed by atoms with Crippen molar-refractivity contribution in [3.8, 4) is 27.9 Å². The summed E-state index contributed by atoms with van der Waals surface area (Å²) in [5, 5.41) is 5.02. The molecule has 0 aliphatic heterocycles. The molecule has 0 amide bonds. The first kappa shape index (κ1) is 21.2. The number of nitrogens with zero attached hydrogens (tertiary/aromatic N) is 1. The molecule has 0 radical (unpaired) electrons. The molecule has 0 fully saturated rings. The van der Waals surface area contributed by atoms with Gasteiger partial charge in [0.2, 0.25) is 0 Å². The van der Waals surface area contributed by atoms with E-state index in [4.69, 9.17) is 0 Å². The third-order valence-corrected chi connectivity index (χ3v) is 7.51. The third kappa shape index (κ3) is 3.54. The molecule has 0 saturated carbocycles. The summed E-state index contributed by atoms with van der Waals surface area (Å²) in [5.74, 6) is 0. The Kier molecular flexibility index (Phi) is 5.00. The highest BCUT2D eigenvalue weighted by molar-refractivity contribution is 9.10. The monoisotopic (exact) mass is 523 g/mol. The van der Waals surface area contributed by atoms with E-state index in [2.05, 4.69) is 154 Å². The molecular weight excluding hydrogens is 502 g/mol. The van der Waals surface area contributed by atoms with Gasteiger partial charge in [-0.2, -0.15) is 0 Å². The Balaban J connectivity index is 1.43. The fraction of sp³-hybridized carbons (Fsp3) is 0. The summed E-state index contributed by atoms with van der Waals surface area (Å²) in [4.78, 5) is 0. The first-order valence-corrected chi connectivity index (χ1v) is 12.9. The minimum absolute atomic E-state index is 1.09. The molecule has 2 heteroatoms. The molecule has 1 heterocycles. The number of benzene rings is 6. The van der Waals surface area contributed by atoms with Gasteiger partial charge in [0, 0.05) is 20.9 Å². The Labute approximate surface area is 218 Å². The van der Waals surface area contributed by atoms with Crippen molar-refractivity contribution in [1.82, 2.24) is 4.57 Å². The summed E-state index contributed by atoms with van der Waals surface area (Å²) in [7, 11) is 0. The average Bonchev–Trinajstić information content (AvgIpc) is 3.26. The predicted molar refractivity (Wildman–Crippen MR) is 157 cm³/mol. The van der Waals surface area contributed by atoms with Crippen molar-refractivity contribution in [3.63, 3.8) is 0 Å². The summed E-state index contributed by atoms with van der Waals surface area (Å²) < 4.78 is 3.49. The molecule has 0 aliphatic carbocycles. The first-order chi connectivity index (χ1) is 17.7.